The summed E-state index contributed by atoms with van der Waals surface area (Å²) in [6.07, 6.45) is 5.27. The Balaban J connectivity index is 1.69. The summed E-state index contributed by atoms with van der Waals surface area (Å²) in [6, 6.07) is 33.2. The molecule has 22 nitrogen and oxygen atoms in total. The predicted molar refractivity (Wildman–Crippen MR) is 365 cm³/mol. The molecule has 4 atom stereocenters. The number of hydrogen-bond acceptors (Lipinski definition) is 14. The van der Waals surface area contributed by atoms with Crippen molar-refractivity contribution in [3.05, 3.63) is 144 Å². The standard InChI is InChI=1S/C74H104N8O14/c1-7-10-37-60(72(91)77-49-45-69(88)95-5)80(53-57-31-19-13-20-32-57)65(84)40-25-16-26-51-79(64(83)41-28-42-66(85)81(54-58-33-21-14-22-34-58)61(38-11-8-2)73(92)78-50-46-70(89)96-6)63(52-56-29-17-12-18-30-56)74(93)76-48-44-67(86)82(55-59-35-23-15-24-36-59)62(71(90)75-47-9-3)39-27-43-68(87)94-4/h12-15,17-24,29-36,60-63H,7-11,16,25-28,37-55H2,1-6H3,(H,75,90)(H,76,93)(H,77,91)(H,78,92). The Labute approximate surface area is 567 Å². The second-order valence-electron chi connectivity index (χ2n) is 23.8. The average Bonchev–Trinajstić information content (AvgIpc) is 0.921. The minimum Gasteiger partial charge on any atom is -0.469 e. The maximum absolute atomic E-state index is 15.2. The van der Waals surface area contributed by atoms with Gasteiger partial charge < -0.3 is 55.1 Å². The minimum atomic E-state index is -1.14. The third-order valence-electron chi connectivity index (χ3n) is 16.6. The van der Waals surface area contributed by atoms with Crippen LogP contribution in [-0.2, 0) is 93.0 Å². The zero-order valence-corrected chi connectivity index (χ0v) is 57.4. The van der Waals surface area contributed by atoms with E-state index in [1.54, 1.807) is 4.90 Å². The molecule has 4 aromatic carbocycles. The van der Waals surface area contributed by atoms with Crippen molar-refractivity contribution in [3.63, 3.8) is 0 Å². The number of hydrogen-bond donors (Lipinski definition) is 4. The van der Waals surface area contributed by atoms with Gasteiger partial charge in [-0.15, -0.1) is 0 Å². The van der Waals surface area contributed by atoms with Gasteiger partial charge in [0.2, 0.25) is 47.3 Å². The maximum Gasteiger partial charge on any atom is 0.307 e. The molecule has 0 fully saturated rings. The Morgan fingerprint density at radius 1 is 0.323 bits per heavy atom. The van der Waals surface area contributed by atoms with Crippen molar-refractivity contribution in [2.24, 2.45) is 0 Å². The Hall–Kier alpha value is -8.95. The van der Waals surface area contributed by atoms with Crippen LogP contribution in [0.3, 0.4) is 0 Å². The van der Waals surface area contributed by atoms with Crippen LogP contribution < -0.4 is 21.3 Å². The number of carbonyl (C=O) groups is 11. The number of carbonyl (C=O) groups excluding carboxylic acids is 11. The summed E-state index contributed by atoms with van der Waals surface area (Å²) in [7, 11) is 3.82. The van der Waals surface area contributed by atoms with Crippen molar-refractivity contribution in [3.8, 4) is 0 Å². The molecule has 0 heterocycles. The number of rotatable bonds is 47. The first-order valence-corrected chi connectivity index (χ1v) is 34.1. The van der Waals surface area contributed by atoms with E-state index in [2.05, 4.69) is 21.3 Å². The second kappa shape index (κ2) is 46.2. The van der Waals surface area contributed by atoms with Gasteiger partial charge in [-0.2, -0.15) is 0 Å². The smallest absolute Gasteiger partial charge is 0.307 e. The quantitative estimate of drug-likeness (QED) is 0.0184. The van der Waals surface area contributed by atoms with Crippen LogP contribution in [0, 0.1) is 0 Å². The summed E-state index contributed by atoms with van der Waals surface area (Å²) in [5.41, 5.74) is 3.10. The van der Waals surface area contributed by atoms with Gasteiger partial charge in [0.25, 0.3) is 0 Å². The molecule has 4 aromatic rings. The highest BCUT2D eigenvalue weighted by molar-refractivity contribution is 5.91. The van der Waals surface area contributed by atoms with E-state index in [-0.39, 0.29) is 140 Å². The zero-order chi connectivity index (χ0) is 69.9. The number of ether oxygens (including phenoxy) is 3. The van der Waals surface area contributed by atoms with E-state index in [1.807, 2.05) is 142 Å². The largest absolute Gasteiger partial charge is 0.469 e. The van der Waals surface area contributed by atoms with Crippen LogP contribution in [0.5, 0.6) is 0 Å². The van der Waals surface area contributed by atoms with Gasteiger partial charge >= 0.3 is 17.9 Å². The van der Waals surface area contributed by atoms with Crippen LogP contribution >= 0.6 is 0 Å². The highest BCUT2D eigenvalue weighted by atomic mass is 16.5. The molecular weight excluding hydrogens is 1220 g/mol. The van der Waals surface area contributed by atoms with Crippen molar-refractivity contribution >= 4 is 65.2 Å². The number of nitrogens with zero attached hydrogens (tertiary/aromatic N) is 4. The molecule has 0 aromatic heterocycles. The zero-order valence-electron chi connectivity index (χ0n) is 57.4. The second-order valence-corrected chi connectivity index (χ2v) is 23.8. The van der Waals surface area contributed by atoms with Gasteiger partial charge in [0, 0.05) is 90.9 Å². The van der Waals surface area contributed by atoms with Crippen LogP contribution in [0.4, 0.5) is 0 Å². The fourth-order valence-corrected chi connectivity index (χ4v) is 11.2. The van der Waals surface area contributed by atoms with Crippen LogP contribution in [0.2, 0.25) is 0 Å². The number of methoxy groups -OCH3 is 3. The third kappa shape index (κ3) is 29.4. The first kappa shape index (κ1) is 79.5. The van der Waals surface area contributed by atoms with E-state index in [1.165, 1.54) is 36.0 Å². The van der Waals surface area contributed by atoms with E-state index >= 15 is 9.59 Å². The summed E-state index contributed by atoms with van der Waals surface area (Å²) in [4.78, 5) is 158. The van der Waals surface area contributed by atoms with Gasteiger partial charge in [0.15, 0.2) is 0 Å². The van der Waals surface area contributed by atoms with Crippen LogP contribution in [0.1, 0.15) is 171 Å². The summed E-state index contributed by atoms with van der Waals surface area (Å²) < 4.78 is 14.4. The van der Waals surface area contributed by atoms with E-state index in [0.29, 0.717) is 57.9 Å². The number of unbranched alkanes of at least 4 members (excludes halogenated alkanes) is 4. The highest BCUT2D eigenvalue weighted by Gasteiger charge is 2.35. The molecule has 524 valence electrons. The molecule has 0 aliphatic carbocycles. The summed E-state index contributed by atoms with van der Waals surface area (Å²) in [6.45, 7) is 6.51. The highest BCUT2D eigenvalue weighted by Crippen LogP contribution is 2.23. The first-order chi connectivity index (χ1) is 46.5. The number of amides is 8. The van der Waals surface area contributed by atoms with E-state index in [9.17, 15) is 43.2 Å². The van der Waals surface area contributed by atoms with Gasteiger partial charge in [-0.1, -0.05) is 174 Å². The Kier molecular flexibility index (Phi) is 38.3. The lowest BCUT2D eigenvalue weighted by molar-refractivity contribution is -0.144. The molecule has 4 rings (SSSR count). The van der Waals surface area contributed by atoms with Gasteiger partial charge in [-0.25, -0.2) is 0 Å². The summed E-state index contributed by atoms with van der Waals surface area (Å²) >= 11 is 0. The Morgan fingerprint density at radius 3 is 1.05 bits per heavy atom. The van der Waals surface area contributed by atoms with Crippen molar-refractivity contribution in [2.75, 3.05) is 54.1 Å². The SMILES string of the molecule is CCCCC(C(=O)NCCC(=O)OC)N(Cc1ccccc1)C(=O)CCCCCN(C(=O)CCCC(=O)N(Cc1ccccc1)C(CCCC)C(=O)NCCC(=O)OC)C(Cc1ccccc1)C(=O)NCCC(=O)N(Cc1ccccc1)C(CCCC(=O)OC)C(=O)NCCC. The van der Waals surface area contributed by atoms with Crippen molar-refractivity contribution < 1.29 is 67.0 Å². The van der Waals surface area contributed by atoms with Crippen molar-refractivity contribution in [2.45, 2.75) is 199 Å². The lowest BCUT2D eigenvalue weighted by atomic mass is 10.0. The maximum atomic E-state index is 15.2. The molecule has 4 unspecified atom stereocenters. The monoisotopic (exact) mass is 1330 g/mol. The Bertz CT molecular complexity index is 3010. The molecule has 0 spiro atoms. The number of nitrogens with one attached hydrogen (secondary N) is 4. The topological polar surface area (TPSA) is 277 Å². The van der Waals surface area contributed by atoms with Crippen LogP contribution in [0.25, 0.3) is 0 Å². The van der Waals surface area contributed by atoms with Gasteiger partial charge in [0.05, 0.1) is 34.2 Å². The lowest BCUT2D eigenvalue weighted by Crippen LogP contribution is -2.52. The van der Waals surface area contributed by atoms with E-state index < -0.39 is 65.7 Å². The lowest BCUT2D eigenvalue weighted by Gasteiger charge is -2.33. The van der Waals surface area contributed by atoms with Gasteiger partial charge in [-0.3, -0.25) is 52.7 Å². The fraction of sp³-hybridized carbons (Fsp3) is 0.527. The molecule has 0 saturated carbocycles. The molecule has 0 radical (unpaired) electrons. The fourth-order valence-electron chi connectivity index (χ4n) is 11.2. The van der Waals surface area contributed by atoms with E-state index in [4.69, 9.17) is 14.2 Å². The average molecular weight is 1330 g/mol. The van der Waals surface area contributed by atoms with Gasteiger partial charge in [-0.05, 0) is 73.6 Å². The van der Waals surface area contributed by atoms with E-state index in [0.717, 1.165) is 35.1 Å². The predicted octanol–water partition coefficient (Wildman–Crippen LogP) is 8.46. The van der Waals surface area contributed by atoms with Crippen molar-refractivity contribution in [1.82, 2.24) is 40.9 Å². The number of benzene rings is 4. The minimum absolute atomic E-state index is 0.00670. The molecule has 4 N–H and O–H groups in total. The Morgan fingerprint density at radius 2 is 0.656 bits per heavy atom. The summed E-state index contributed by atoms with van der Waals surface area (Å²) in [5.74, 6) is -4.67. The van der Waals surface area contributed by atoms with Crippen LogP contribution in [0.15, 0.2) is 121 Å². The normalized spacial score (nSPS) is 12.1. The molecule has 22 heteroatoms. The molecule has 0 saturated heterocycles. The van der Waals surface area contributed by atoms with Crippen LogP contribution in [-0.4, -0.2) is 163 Å². The molecule has 0 bridgehead atoms. The molecular formula is C74H104N8O14. The van der Waals surface area contributed by atoms with Crippen molar-refractivity contribution in [1.29, 1.82) is 0 Å². The molecule has 0 aliphatic rings. The third-order valence-corrected chi connectivity index (χ3v) is 16.6. The molecule has 96 heavy (non-hydrogen) atoms. The molecule has 8 amide bonds. The van der Waals surface area contributed by atoms with Gasteiger partial charge in [0.1, 0.15) is 24.2 Å². The summed E-state index contributed by atoms with van der Waals surface area (Å²) in [5, 5.41) is 11.5. The first-order valence-electron chi connectivity index (χ1n) is 34.1. The molecule has 0 aliphatic heterocycles. The number of esters is 3.